The predicted octanol–water partition coefficient (Wildman–Crippen LogP) is 7.90. The second-order valence-electron chi connectivity index (χ2n) is 11.8. The van der Waals surface area contributed by atoms with Crippen molar-refractivity contribution in [3.8, 4) is 0 Å². The van der Waals surface area contributed by atoms with Crippen LogP contribution in [0.2, 0.25) is 0 Å². The highest BCUT2D eigenvalue weighted by atomic mass is 16.3. The van der Waals surface area contributed by atoms with Crippen molar-refractivity contribution < 1.29 is 15.3 Å². The van der Waals surface area contributed by atoms with Gasteiger partial charge < -0.3 is 15.3 Å². The monoisotopic (exact) mass is 476 g/mol. The van der Waals surface area contributed by atoms with E-state index in [1.54, 1.807) is 19.4 Å². The largest absolute Gasteiger partial charge is 0.394 e. The molecule has 0 radical (unpaired) electrons. The van der Waals surface area contributed by atoms with E-state index in [0.717, 1.165) is 49.5 Å². The summed E-state index contributed by atoms with van der Waals surface area (Å²) in [6.07, 6.45) is 18.3. The van der Waals surface area contributed by atoms with Crippen molar-refractivity contribution >= 4 is 0 Å². The quantitative estimate of drug-likeness (QED) is 0.270. The molecule has 3 aliphatic rings. The molecule has 3 nitrogen and oxygen atoms in total. The Balaban J connectivity index is 0.000000872. The molecule has 4 atom stereocenters. The first-order valence-corrected chi connectivity index (χ1v) is 14.1. The Morgan fingerprint density at radius 1 is 1.09 bits per heavy atom. The Labute approximate surface area is 211 Å². The van der Waals surface area contributed by atoms with Gasteiger partial charge in [-0.3, -0.25) is 0 Å². The molecule has 3 saturated carbocycles. The van der Waals surface area contributed by atoms with Crippen molar-refractivity contribution in [2.75, 3.05) is 0 Å². The summed E-state index contributed by atoms with van der Waals surface area (Å²) >= 11 is 0. The normalized spacial score (nSPS) is 31.6. The minimum Gasteiger partial charge on any atom is -0.394 e. The Kier molecular flexibility index (Phi) is 13.4. The van der Waals surface area contributed by atoms with Crippen LogP contribution < -0.4 is 0 Å². The molecule has 3 heteroatoms. The van der Waals surface area contributed by atoms with Crippen LogP contribution in [-0.4, -0.2) is 33.1 Å². The summed E-state index contributed by atoms with van der Waals surface area (Å²) in [4.78, 5) is 0. The van der Waals surface area contributed by atoms with Crippen LogP contribution in [0.25, 0.3) is 0 Å². The van der Waals surface area contributed by atoms with Gasteiger partial charge in [0.15, 0.2) is 0 Å². The van der Waals surface area contributed by atoms with Crippen LogP contribution in [0.4, 0.5) is 0 Å². The Morgan fingerprint density at radius 3 is 2.32 bits per heavy atom. The third-order valence-corrected chi connectivity index (χ3v) is 7.98. The molecule has 4 unspecified atom stereocenters. The van der Waals surface area contributed by atoms with Gasteiger partial charge in [-0.1, -0.05) is 63.5 Å². The maximum Gasteiger partial charge on any atom is 0.0784 e. The second kappa shape index (κ2) is 14.6. The van der Waals surface area contributed by atoms with Gasteiger partial charge in [0.25, 0.3) is 0 Å². The number of hydrogen-bond acceptors (Lipinski definition) is 3. The summed E-state index contributed by atoms with van der Waals surface area (Å²) in [6, 6.07) is 0. The zero-order chi connectivity index (χ0) is 25.9. The maximum atomic E-state index is 10.1. The maximum absolute atomic E-state index is 10.1. The van der Waals surface area contributed by atoms with Crippen LogP contribution in [0, 0.1) is 17.3 Å². The number of rotatable bonds is 6. The molecule has 3 rings (SSSR count). The first-order chi connectivity index (χ1) is 15.9. The third kappa shape index (κ3) is 9.99. The van der Waals surface area contributed by atoms with E-state index >= 15 is 0 Å². The van der Waals surface area contributed by atoms with Crippen LogP contribution in [0.5, 0.6) is 0 Å². The van der Waals surface area contributed by atoms with E-state index in [4.69, 9.17) is 5.11 Å². The Hall–Kier alpha value is -0.900. The predicted molar refractivity (Wildman–Crippen MR) is 147 cm³/mol. The molecule has 0 amide bonds. The topological polar surface area (TPSA) is 60.7 Å². The van der Waals surface area contributed by atoms with Crippen molar-refractivity contribution in [3.63, 3.8) is 0 Å². The van der Waals surface area contributed by atoms with Crippen LogP contribution in [0.3, 0.4) is 0 Å². The number of aliphatic hydroxyl groups is 3. The van der Waals surface area contributed by atoms with E-state index in [-0.39, 0.29) is 12.2 Å². The fourth-order valence-electron chi connectivity index (χ4n) is 6.13. The van der Waals surface area contributed by atoms with Crippen molar-refractivity contribution in [1.82, 2.24) is 0 Å². The van der Waals surface area contributed by atoms with Crippen molar-refractivity contribution in [1.29, 1.82) is 0 Å². The molecular formula is C31H56O3. The zero-order valence-electron chi connectivity index (χ0n) is 23.5. The van der Waals surface area contributed by atoms with E-state index < -0.39 is 5.60 Å². The SMILES string of the molecule is C=C1CC/C(=C/C=C2\CCCC3(C)C(CCCCC(C)(C)O)CCC23)CC1O.CC.CC(C)O. The average molecular weight is 477 g/mol. The van der Waals surface area contributed by atoms with Crippen molar-refractivity contribution in [3.05, 3.63) is 35.5 Å². The highest BCUT2D eigenvalue weighted by Gasteiger charge is 2.48. The highest BCUT2D eigenvalue weighted by molar-refractivity contribution is 5.27. The van der Waals surface area contributed by atoms with Gasteiger partial charge in [-0.05, 0) is 115 Å². The lowest BCUT2D eigenvalue weighted by Crippen LogP contribution is -2.33. The molecule has 0 saturated heterocycles. The molecule has 0 aromatic heterocycles. The van der Waals surface area contributed by atoms with Crippen molar-refractivity contribution in [2.45, 2.75) is 143 Å². The molecule has 0 aliphatic heterocycles. The van der Waals surface area contributed by atoms with E-state index in [1.165, 1.54) is 50.5 Å². The molecule has 0 aromatic carbocycles. The standard InChI is InChI=1S/C26H42O2.C3H8O.C2H6/c1-19-10-11-20(18-24(19)27)12-13-21-8-7-17-26(4)22(14-15-23(21)26)9-5-6-16-25(2,3)28;1-3(2)4;1-2/h12-13,22-24,27-28H,1,5-11,14-18H2,2-4H3;3-4H,1-2H3;1-2H3/b20-12-,21-13+;;. The highest BCUT2D eigenvalue weighted by Crippen LogP contribution is 2.58. The molecule has 0 aromatic rings. The number of fused-ring (bicyclic) bond motifs is 1. The smallest absolute Gasteiger partial charge is 0.0784 e. The summed E-state index contributed by atoms with van der Waals surface area (Å²) in [7, 11) is 0. The van der Waals surface area contributed by atoms with Gasteiger partial charge in [-0.15, -0.1) is 0 Å². The van der Waals surface area contributed by atoms with Gasteiger partial charge in [0.2, 0.25) is 0 Å². The van der Waals surface area contributed by atoms with Gasteiger partial charge in [0.1, 0.15) is 0 Å². The van der Waals surface area contributed by atoms with Gasteiger partial charge in [0, 0.05) is 6.10 Å². The Bertz CT molecular complexity index is 664. The third-order valence-electron chi connectivity index (χ3n) is 7.98. The molecule has 34 heavy (non-hydrogen) atoms. The average Bonchev–Trinajstić information content (AvgIpc) is 3.09. The molecule has 3 aliphatic carbocycles. The first kappa shape index (κ1) is 31.1. The van der Waals surface area contributed by atoms with E-state index in [0.29, 0.717) is 5.41 Å². The van der Waals surface area contributed by atoms with Gasteiger partial charge in [-0.2, -0.15) is 0 Å². The van der Waals surface area contributed by atoms with Crippen LogP contribution >= 0.6 is 0 Å². The van der Waals surface area contributed by atoms with Crippen LogP contribution in [0.1, 0.15) is 126 Å². The molecular weight excluding hydrogens is 420 g/mol. The van der Waals surface area contributed by atoms with Crippen LogP contribution in [0.15, 0.2) is 35.5 Å². The first-order valence-electron chi connectivity index (χ1n) is 14.1. The summed E-state index contributed by atoms with van der Waals surface area (Å²) in [6.45, 7) is 17.8. The molecule has 0 heterocycles. The van der Waals surface area contributed by atoms with E-state index in [2.05, 4.69) is 25.7 Å². The minimum absolute atomic E-state index is 0.167. The molecule has 3 N–H and O–H groups in total. The Morgan fingerprint density at radius 2 is 1.74 bits per heavy atom. The van der Waals surface area contributed by atoms with E-state index in [9.17, 15) is 10.2 Å². The minimum atomic E-state index is -0.518. The van der Waals surface area contributed by atoms with Crippen molar-refractivity contribution in [2.24, 2.45) is 17.3 Å². The lowest BCUT2D eigenvalue weighted by atomic mass is 9.62. The molecule has 0 spiro atoms. The lowest BCUT2D eigenvalue weighted by molar-refractivity contribution is 0.0659. The summed E-state index contributed by atoms with van der Waals surface area (Å²) in [5.74, 6) is 1.59. The van der Waals surface area contributed by atoms with Gasteiger partial charge >= 0.3 is 0 Å². The number of hydrogen-bond donors (Lipinski definition) is 3. The molecule has 3 fully saturated rings. The number of unbranched alkanes of at least 4 members (excludes halogenated alkanes) is 1. The summed E-state index contributed by atoms with van der Waals surface area (Å²) < 4.78 is 0. The fourth-order valence-corrected chi connectivity index (χ4v) is 6.13. The number of allylic oxidation sites excluding steroid dienone is 3. The van der Waals surface area contributed by atoms with Crippen LogP contribution in [-0.2, 0) is 0 Å². The zero-order valence-corrected chi connectivity index (χ0v) is 23.5. The number of aliphatic hydroxyl groups excluding tert-OH is 2. The van der Waals surface area contributed by atoms with Gasteiger partial charge in [-0.25, -0.2) is 0 Å². The van der Waals surface area contributed by atoms with Gasteiger partial charge in [0.05, 0.1) is 11.7 Å². The summed E-state index contributed by atoms with van der Waals surface area (Å²) in [5, 5.41) is 28.1. The lowest BCUT2D eigenvalue weighted by Gasteiger charge is -2.42. The van der Waals surface area contributed by atoms with E-state index in [1.807, 2.05) is 27.7 Å². The fraction of sp³-hybridized carbons (Fsp3) is 0.806. The summed E-state index contributed by atoms with van der Waals surface area (Å²) in [5.41, 5.74) is 4.01. The molecule has 198 valence electrons. The molecule has 0 bridgehead atoms. The second-order valence-corrected chi connectivity index (χ2v) is 11.8.